The Morgan fingerprint density at radius 1 is 0.882 bits per heavy atom. The smallest absolute Gasteiger partial charge is 0.331 e. The van der Waals surface area contributed by atoms with Crippen LogP contribution in [0.5, 0.6) is 5.75 Å². The molecule has 0 saturated carbocycles. The van der Waals surface area contributed by atoms with E-state index in [1.807, 2.05) is 30.3 Å². The SMILES string of the molecule is O=C(O)C(c1ccc(OCc2ccccc2)cc1)N1CC(N2C(=O)c3ccccc3C2=O)C1=O. The highest BCUT2D eigenvalue weighted by molar-refractivity contribution is 6.23. The van der Waals surface area contributed by atoms with Gasteiger partial charge in [0.25, 0.3) is 11.8 Å². The Hall–Kier alpha value is -4.46. The van der Waals surface area contributed by atoms with Crippen LogP contribution in [0.4, 0.5) is 0 Å². The van der Waals surface area contributed by atoms with Gasteiger partial charge in [0.1, 0.15) is 18.4 Å². The van der Waals surface area contributed by atoms with E-state index in [1.54, 1.807) is 36.4 Å². The first-order valence-electron chi connectivity index (χ1n) is 10.7. The summed E-state index contributed by atoms with van der Waals surface area (Å²) in [5, 5.41) is 9.83. The lowest BCUT2D eigenvalue weighted by Gasteiger charge is -2.44. The van der Waals surface area contributed by atoms with Gasteiger partial charge in [-0.05, 0) is 35.4 Å². The summed E-state index contributed by atoms with van der Waals surface area (Å²) < 4.78 is 5.74. The van der Waals surface area contributed by atoms with Crippen LogP contribution < -0.4 is 4.74 Å². The first-order chi connectivity index (χ1) is 16.5. The molecule has 2 unspecified atom stereocenters. The van der Waals surface area contributed by atoms with Crippen molar-refractivity contribution in [1.82, 2.24) is 9.80 Å². The number of fused-ring (bicyclic) bond motifs is 1. The normalized spacial score (nSPS) is 17.9. The average molecular weight is 456 g/mol. The van der Waals surface area contributed by atoms with Crippen LogP contribution in [0.15, 0.2) is 78.9 Å². The van der Waals surface area contributed by atoms with Crippen LogP contribution in [-0.2, 0) is 16.2 Å². The van der Waals surface area contributed by atoms with Crippen molar-refractivity contribution in [3.05, 3.63) is 101 Å². The molecular formula is C26H20N2O6. The molecule has 3 aromatic carbocycles. The Balaban J connectivity index is 1.28. The summed E-state index contributed by atoms with van der Waals surface area (Å²) in [4.78, 5) is 52.4. The number of likely N-dealkylation sites (tertiary alicyclic amines) is 1. The summed E-state index contributed by atoms with van der Waals surface area (Å²) in [6, 6.07) is 20.3. The number of amides is 3. The number of β-lactam (4-membered cyclic amide) rings is 1. The summed E-state index contributed by atoms with van der Waals surface area (Å²) in [6.45, 7) is 0.322. The maximum Gasteiger partial charge on any atom is 0.331 e. The lowest BCUT2D eigenvalue weighted by atomic mass is 9.97. The lowest BCUT2D eigenvalue weighted by molar-refractivity contribution is -0.161. The van der Waals surface area contributed by atoms with Crippen molar-refractivity contribution in [1.29, 1.82) is 0 Å². The molecule has 0 spiro atoms. The van der Waals surface area contributed by atoms with Crippen LogP contribution in [-0.4, -0.2) is 51.2 Å². The van der Waals surface area contributed by atoms with Crippen LogP contribution in [0.3, 0.4) is 0 Å². The third-order valence-electron chi connectivity index (χ3n) is 6.06. The Morgan fingerprint density at radius 3 is 2.03 bits per heavy atom. The van der Waals surface area contributed by atoms with E-state index in [9.17, 15) is 24.3 Å². The largest absolute Gasteiger partial charge is 0.489 e. The van der Waals surface area contributed by atoms with E-state index in [2.05, 4.69) is 0 Å². The van der Waals surface area contributed by atoms with Crippen molar-refractivity contribution in [2.24, 2.45) is 0 Å². The number of carbonyl (C=O) groups excluding carboxylic acids is 3. The first kappa shape index (κ1) is 21.4. The van der Waals surface area contributed by atoms with Crippen LogP contribution in [0, 0.1) is 0 Å². The number of rotatable bonds is 7. The molecule has 5 rings (SSSR count). The monoisotopic (exact) mass is 456 g/mol. The van der Waals surface area contributed by atoms with Gasteiger partial charge in [-0.2, -0.15) is 0 Å². The topological polar surface area (TPSA) is 104 Å². The van der Waals surface area contributed by atoms with Gasteiger partial charge < -0.3 is 14.7 Å². The Labute approximate surface area is 195 Å². The van der Waals surface area contributed by atoms with Crippen molar-refractivity contribution in [2.45, 2.75) is 18.7 Å². The van der Waals surface area contributed by atoms with E-state index in [-0.39, 0.29) is 17.7 Å². The number of carboxylic acids is 1. The standard InChI is InChI=1S/C26H20N2O6/c29-23-19-8-4-5-9-20(19)24(30)28(23)21-14-27(25(21)31)22(26(32)33)17-10-12-18(13-11-17)34-15-16-6-2-1-3-7-16/h1-13,21-22H,14-15H2,(H,32,33). The molecule has 2 heterocycles. The third-order valence-corrected chi connectivity index (χ3v) is 6.06. The second kappa shape index (κ2) is 8.47. The number of ether oxygens (including phenoxy) is 1. The van der Waals surface area contributed by atoms with Gasteiger partial charge in [0.15, 0.2) is 6.04 Å². The zero-order chi connectivity index (χ0) is 23.8. The van der Waals surface area contributed by atoms with Gasteiger partial charge in [-0.3, -0.25) is 19.3 Å². The van der Waals surface area contributed by atoms with E-state index in [0.717, 1.165) is 15.4 Å². The van der Waals surface area contributed by atoms with Gasteiger partial charge in [-0.25, -0.2) is 4.79 Å². The highest BCUT2D eigenvalue weighted by atomic mass is 16.5. The number of hydrogen-bond acceptors (Lipinski definition) is 5. The molecule has 8 heteroatoms. The van der Waals surface area contributed by atoms with Gasteiger partial charge in [0, 0.05) is 0 Å². The second-order valence-corrected chi connectivity index (χ2v) is 8.12. The van der Waals surface area contributed by atoms with Crippen LogP contribution in [0.2, 0.25) is 0 Å². The van der Waals surface area contributed by atoms with Crippen molar-refractivity contribution in [3.8, 4) is 5.75 Å². The number of carboxylic acid groups (broad SMARTS) is 1. The van der Waals surface area contributed by atoms with E-state index in [4.69, 9.17) is 4.74 Å². The predicted molar refractivity (Wildman–Crippen MR) is 120 cm³/mol. The van der Waals surface area contributed by atoms with E-state index in [0.29, 0.717) is 17.9 Å². The molecule has 3 amide bonds. The van der Waals surface area contributed by atoms with Gasteiger partial charge in [0.05, 0.1) is 17.7 Å². The quantitative estimate of drug-likeness (QED) is 0.433. The van der Waals surface area contributed by atoms with Crippen LogP contribution in [0.25, 0.3) is 0 Å². The zero-order valence-corrected chi connectivity index (χ0v) is 18.0. The fraction of sp³-hybridized carbons (Fsp3) is 0.154. The summed E-state index contributed by atoms with van der Waals surface area (Å²) >= 11 is 0. The summed E-state index contributed by atoms with van der Waals surface area (Å²) in [5.41, 5.74) is 1.90. The molecular weight excluding hydrogens is 436 g/mol. The molecule has 2 aliphatic heterocycles. The minimum atomic E-state index is -1.23. The Kier molecular flexibility index (Phi) is 5.33. The molecule has 0 radical (unpaired) electrons. The van der Waals surface area contributed by atoms with Gasteiger partial charge in [-0.15, -0.1) is 0 Å². The molecule has 8 nitrogen and oxygen atoms in total. The van der Waals surface area contributed by atoms with E-state index < -0.39 is 35.8 Å². The Bertz CT molecular complexity index is 1250. The van der Waals surface area contributed by atoms with Crippen molar-refractivity contribution in [2.75, 3.05) is 6.54 Å². The highest BCUT2D eigenvalue weighted by Gasteiger charge is 2.52. The number of aliphatic carboxylic acids is 1. The molecule has 0 bridgehead atoms. The number of imide groups is 1. The Morgan fingerprint density at radius 2 is 1.47 bits per heavy atom. The van der Waals surface area contributed by atoms with Crippen LogP contribution >= 0.6 is 0 Å². The zero-order valence-electron chi connectivity index (χ0n) is 18.0. The number of hydrogen-bond donors (Lipinski definition) is 1. The molecule has 1 saturated heterocycles. The fourth-order valence-corrected chi connectivity index (χ4v) is 4.29. The molecule has 2 aliphatic rings. The summed E-state index contributed by atoms with van der Waals surface area (Å²) in [6.07, 6.45) is 0. The number of nitrogens with zero attached hydrogens (tertiary/aromatic N) is 2. The molecule has 0 aliphatic carbocycles. The van der Waals surface area contributed by atoms with Gasteiger partial charge in [0.2, 0.25) is 5.91 Å². The lowest BCUT2D eigenvalue weighted by Crippen LogP contribution is -2.66. The molecule has 3 aromatic rings. The van der Waals surface area contributed by atoms with Crippen molar-refractivity contribution >= 4 is 23.7 Å². The third kappa shape index (κ3) is 3.59. The molecule has 170 valence electrons. The number of benzene rings is 3. The predicted octanol–water partition coefficient (Wildman–Crippen LogP) is 2.90. The van der Waals surface area contributed by atoms with Gasteiger partial charge >= 0.3 is 5.97 Å². The molecule has 1 fully saturated rings. The highest BCUT2D eigenvalue weighted by Crippen LogP contribution is 2.34. The maximum absolute atomic E-state index is 12.9. The molecule has 34 heavy (non-hydrogen) atoms. The summed E-state index contributed by atoms with van der Waals surface area (Å²) in [5.74, 6) is -2.29. The van der Waals surface area contributed by atoms with Crippen molar-refractivity contribution in [3.63, 3.8) is 0 Å². The minimum Gasteiger partial charge on any atom is -0.489 e. The minimum absolute atomic E-state index is 0.0481. The van der Waals surface area contributed by atoms with Crippen molar-refractivity contribution < 1.29 is 29.0 Å². The average Bonchev–Trinajstić information content (AvgIpc) is 3.10. The fourth-order valence-electron chi connectivity index (χ4n) is 4.29. The summed E-state index contributed by atoms with van der Waals surface area (Å²) in [7, 11) is 0. The second-order valence-electron chi connectivity index (χ2n) is 8.12. The van der Waals surface area contributed by atoms with E-state index >= 15 is 0 Å². The first-order valence-corrected chi connectivity index (χ1v) is 10.7. The molecule has 2 atom stereocenters. The molecule has 0 aromatic heterocycles. The van der Waals surface area contributed by atoms with Crippen LogP contribution in [0.1, 0.15) is 37.9 Å². The maximum atomic E-state index is 12.9. The van der Waals surface area contributed by atoms with E-state index in [1.165, 1.54) is 12.1 Å². The van der Waals surface area contributed by atoms with Gasteiger partial charge in [-0.1, -0.05) is 54.6 Å². The number of carbonyl (C=O) groups is 4. The molecule has 1 N–H and O–H groups in total.